The Bertz CT molecular complexity index is 744. The van der Waals surface area contributed by atoms with Gasteiger partial charge in [0.2, 0.25) is 0 Å². The van der Waals surface area contributed by atoms with E-state index in [0.29, 0.717) is 5.78 Å². The van der Waals surface area contributed by atoms with E-state index in [9.17, 15) is 15.0 Å². The van der Waals surface area contributed by atoms with Crippen molar-refractivity contribution in [3.05, 3.63) is 71.8 Å². The summed E-state index contributed by atoms with van der Waals surface area (Å²) in [6, 6.07) is 19.4. The van der Waals surface area contributed by atoms with Gasteiger partial charge in [0.15, 0.2) is 0 Å². The normalized spacial score (nSPS) is 21.8. The van der Waals surface area contributed by atoms with Crippen molar-refractivity contribution < 1.29 is 50.5 Å². The van der Waals surface area contributed by atoms with Crippen LogP contribution >= 0.6 is 0 Å². The molecule has 7 heteroatoms. The molecule has 0 heterocycles. The summed E-state index contributed by atoms with van der Waals surface area (Å²) in [4.78, 5) is 13.1. The third kappa shape index (κ3) is 8.36. The molecule has 0 radical (unpaired) electrons. The zero-order valence-electron chi connectivity index (χ0n) is 19.5. The highest BCUT2D eigenvalue weighted by molar-refractivity contribution is 5.84. The van der Waals surface area contributed by atoms with Crippen molar-refractivity contribution in [2.45, 2.75) is 57.4 Å². The van der Waals surface area contributed by atoms with Gasteiger partial charge in [0.25, 0.3) is 0 Å². The van der Waals surface area contributed by atoms with E-state index in [2.05, 4.69) is 10.6 Å². The van der Waals surface area contributed by atoms with Crippen molar-refractivity contribution in [3.8, 4) is 0 Å². The molecule has 6 N–H and O–H groups in total. The van der Waals surface area contributed by atoms with E-state index in [0.717, 1.165) is 43.5 Å². The Morgan fingerprint density at radius 1 is 0.758 bits per heavy atom. The zero-order valence-corrected chi connectivity index (χ0v) is 21.0. The van der Waals surface area contributed by atoms with Crippen LogP contribution in [0.25, 0.3) is 0 Å². The van der Waals surface area contributed by atoms with Crippen LogP contribution in [0.5, 0.6) is 0 Å². The first kappa shape index (κ1) is 29.6. The molecule has 0 aliphatic heterocycles. The van der Waals surface area contributed by atoms with E-state index >= 15 is 0 Å². The van der Waals surface area contributed by atoms with Gasteiger partial charge in [-0.1, -0.05) is 67.1 Å². The van der Waals surface area contributed by atoms with E-state index < -0.39 is 12.2 Å². The number of carbonyl (C=O) groups excluding carboxylic acids is 1. The van der Waals surface area contributed by atoms with Crippen molar-refractivity contribution in [1.29, 1.82) is 0 Å². The Kier molecular flexibility index (Phi) is 13.2. The minimum absolute atomic E-state index is 0. The Balaban J connectivity index is 0.00000272. The highest BCUT2D eigenvalue weighted by atomic mass is 35.5. The second-order valence-corrected chi connectivity index (χ2v) is 9.10. The fourth-order valence-corrected chi connectivity index (χ4v) is 4.62. The topological polar surface area (TPSA) is 90.8 Å². The van der Waals surface area contributed by atoms with Gasteiger partial charge in [-0.3, -0.25) is 4.79 Å². The molecule has 0 bridgehead atoms. The van der Waals surface area contributed by atoms with Gasteiger partial charge in [0, 0.05) is 0 Å². The summed E-state index contributed by atoms with van der Waals surface area (Å²) in [6.45, 7) is 5.48. The number of carbonyl (C=O) groups is 1. The number of aliphatic hydroxyl groups excluding tert-OH is 2. The number of halogens is 2. The average Bonchev–Trinajstić information content (AvgIpc) is 2.82. The Morgan fingerprint density at radius 2 is 1.12 bits per heavy atom. The lowest BCUT2D eigenvalue weighted by Gasteiger charge is -2.28. The molecule has 2 aromatic carbocycles. The van der Waals surface area contributed by atoms with Gasteiger partial charge < -0.3 is 45.7 Å². The standard InChI is InChI=1S/C26H36N2O3.2ClH/c1-18(24(29)20-10-5-3-6-11-20)27-16-22-14-9-15-23(26(22)31)17-28-19(2)25(30)21-12-7-4-8-13-21;;/h3-8,10-13,18-19,22-25,27-30H,9,14-17H2,1-2H3;2*1H. The maximum atomic E-state index is 13.1. The Hall–Kier alpha value is -1.47. The van der Waals surface area contributed by atoms with Crippen molar-refractivity contribution in [1.82, 2.24) is 0 Å². The molecule has 1 fully saturated rings. The molecule has 6 unspecified atom stereocenters. The molecule has 6 atom stereocenters. The third-order valence-corrected chi connectivity index (χ3v) is 6.77. The number of aliphatic hydroxyl groups is 2. The number of nitrogens with two attached hydrogens (primary N) is 2. The summed E-state index contributed by atoms with van der Waals surface area (Å²) < 4.78 is 0. The van der Waals surface area contributed by atoms with Gasteiger partial charge in [-0.2, -0.15) is 0 Å². The van der Waals surface area contributed by atoms with Crippen LogP contribution in [0.2, 0.25) is 0 Å². The predicted molar refractivity (Wildman–Crippen MR) is 121 cm³/mol. The maximum Gasteiger partial charge on any atom is 0.150 e. The van der Waals surface area contributed by atoms with Crippen molar-refractivity contribution >= 4 is 5.78 Å². The number of benzene rings is 2. The second-order valence-electron chi connectivity index (χ2n) is 9.10. The highest BCUT2D eigenvalue weighted by Crippen LogP contribution is 2.24. The zero-order chi connectivity index (χ0) is 22.2. The molecule has 0 spiro atoms. The molecular weight excluding hydrogens is 459 g/mol. The minimum Gasteiger partial charge on any atom is -1.00 e. The first-order valence-electron chi connectivity index (χ1n) is 11.6. The number of hydrogen-bond acceptors (Lipinski definition) is 3. The van der Waals surface area contributed by atoms with Crippen molar-refractivity contribution in [2.24, 2.45) is 11.8 Å². The van der Waals surface area contributed by atoms with E-state index in [1.807, 2.05) is 74.5 Å². The Morgan fingerprint density at radius 3 is 1.48 bits per heavy atom. The molecule has 2 aromatic rings. The molecule has 1 saturated carbocycles. The van der Waals surface area contributed by atoms with Crippen molar-refractivity contribution in [3.63, 3.8) is 0 Å². The molecular formula is C26H38Cl2N2O3. The van der Waals surface area contributed by atoms with Crippen LogP contribution in [0, 0.1) is 11.8 Å². The number of quaternary nitrogens is 2. The van der Waals surface area contributed by atoms with Gasteiger partial charge in [-0.25, -0.2) is 0 Å². The van der Waals surface area contributed by atoms with Crippen LogP contribution in [-0.4, -0.2) is 41.2 Å². The first-order chi connectivity index (χ1) is 15.0. The quantitative estimate of drug-likeness (QED) is 0.266. The van der Waals surface area contributed by atoms with Gasteiger partial charge >= 0.3 is 0 Å². The molecule has 0 amide bonds. The highest BCUT2D eigenvalue weighted by Gasteiger charge is 2.35. The lowest BCUT2D eigenvalue weighted by atomic mass is 9.79. The van der Waals surface area contributed by atoms with Crippen molar-refractivity contribution in [2.75, 3.05) is 13.1 Å². The molecule has 0 saturated heterocycles. The SMILES string of the molecule is CC([NH2+]CC1CCCC(C[NH2+]C(C)C(O)c2ccccc2)C1=O)C(O)c1ccccc1.[Cl-].[Cl-]. The van der Waals surface area contributed by atoms with E-state index in [1.165, 1.54) is 0 Å². The summed E-state index contributed by atoms with van der Waals surface area (Å²) >= 11 is 0. The third-order valence-electron chi connectivity index (χ3n) is 6.77. The van der Waals surface area contributed by atoms with E-state index in [1.54, 1.807) is 0 Å². The van der Waals surface area contributed by atoms with E-state index in [-0.39, 0.29) is 48.7 Å². The molecule has 5 nitrogen and oxygen atoms in total. The summed E-state index contributed by atoms with van der Waals surface area (Å²) in [6.07, 6.45) is 1.85. The number of Topliss-reactive ketones (excluding diaryl/α,β-unsaturated/α-hetero) is 1. The molecule has 3 rings (SSSR count). The number of rotatable bonds is 10. The van der Waals surface area contributed by atoms with Gasteiger partial charge in [-0.15, -0.1) is 0 Å². The molecule has 184 valence electrons. The monoisotopic (exact) mass is 496 g/mol. The summed E-state index contributed by atoms with van der Waals surface area (Å²) in [7, 11) is 0. The summed E-state index contributed by atoms with van der Waals surface area (Å²) in [5.41, 5.74) is 1.83. The summed E-state index contributed by atoms with van der Waals surface area (Å²) in [5.74, 6) is 0.445. The molecule has 33 heavy (non-hydrogen) atoms. The van der Waals surface area contributed by atoms with Crippen LogP contribution in [0.15, 0.2) is 60.7 Å². The maximum absolute atomic E-state index is 13.1. The average molecular weight is 498 g/mol. The molecule has 1 aliphatic carbocycles. The van der Waals surface area contributed by atoms with Crippen LogP contribution in [0.3, 0.4) is 0 Å². The van der Waals surface area contributed by atoms with Crippen LogP contribution in [0.1, 0.15) is 56.4 Å². The lowest BCUT2D eigenvalue weighted by Crippen LogP contribution is -3.00. The van der Waals surface area contributed by atoms with E-state index in [4.69, 9.17) is 0 Å². The second kappa shape index (κ2) is 14.7. The lowest BCUT2D eigenvalue weighted by molar-refractivity contribution is -0.700. The van der Waals surface area contributed by atoms with Gasteiger partial charge in [0.1, 0.15) is 30.1 Å². The number of hydrogen-bond donors (Lipinski definition) is 4. The van der Waals surface area contributed by atoms with Crippen LogP contribution < -0.4 is 35.4 Å². The number of ketones is 1. The first-order valence-corrected chi connectivity index (χ1v) is 11.6. The smallest absolute Gasteiger partial charge is 0.150 e. The van der Waals surface area contributed by atoms with Crippen LogP contribution in [-0.2, 0) is 4.79 Å². The molecule has 0 aromatic heterocycles. The predicted octanol–water partition coefficient (Wildman–Crippen LogP) is -4.65. The molecule has 1 aliphatic rings. The summed E-state index contributed by atoms with van der Waals surface area (Å²) in [5, 5.41) is 25.4. The minimum atomic E-state index is -0.538. The fraction of sp³-hybridized carbons (Fsp3) is 0.500. The van der Waals surface area contributed by atoms with Crippen LogP contribution in [0.4, 0.5) is 0 Å². The van der Waals surface area contributed by atoms with Gasteiger partial charge in [-0.05, 0) is 37.8 Å². The fourth-order valence-electron chi connectivity index (χ4n) is 4.62. The Labute approximate surface area is 210 Å². The van der Waals surface area contributed by atoms with Gasteiger partial charge in [0.05, 0.1) is 24.9 Å². The largest absolute Gasteiger partial charge is 1.00 e.